The molecule has 0 bridgehead atoms. The fraction of sp³-hybridized carbons (Fsp3) is 0.250. The third kappa shape index (κ3) is 2.20. The van der Waals surface area contributed by atoms with E-state index in [1.807, 2.05) is 0 Å². The van der Waals surface area contributed by atoms with Gasteiger partial charge in [0.25, 0.3) is 6.43 Å². The van der Waals surface area contributed by atoms with Gasteiger partial charge < -0.3 is 0 Å². The van der Waals surface area contributed by atoms with Crippen molar-refractivity contribution in [1.29, 1.82) is 0 Å². The van der Waals surface area contributed by atoms with Gasteiger partial charge in [-0.05, 0) is 28.2 Å². The van der Waals surface area contributed by atoms with Crippen LogP contribution >= 0.6 is 34.2 Å². The van der Waals surface area contributed by atoms with Crippen LogP contribution in [0.1, 0.15) is 27.9 Å². The van der Waals surface area contributed by atoms with Crippen molar-refractivity contribution in [3.05, 3.63) is 26.6 Å². The number of pyridine rings is 1. The summed E-state index contributed by atoms with van der Waals surface area (Å²) in [5, 5.41) is 0. The summed E-state index contributed by atoms with van der Waals surface area (Å²) in [6.45, 7) is 0. The summed E-state index contributed by atoms with van der Waals surface area (Å²) in [7, 11) is 0. The summed E-state index contributed by atoms with van der Waals surface area (Å²) in [5.41, 5.74) is -0.183. The zero-order valence-corrected chi connectivity index (χ0v) is 9.72. The molecule has 1 aromatic rings. The first-order valence-electron chi connectivity index (χ1n) is 3.58. The minimum Gasteiger partial charge on any atom is -0.298 e. The van der Waals surface area contributed by atoms with Gasteiger partial charge in [0.1, 0.15) is 3.70 Å². The average Bonchev–Trinajstić information content (AvgIpc) is 2.17. The van der Waals surface area contributed by atoms with E-state index < -0.39 is 6.43 Å². The van der Waals surface area contributed by atoms with Crippen molar-refractivity contribution in [3.63, 3.8) is 0 Å². The van der Waals surface area contributed by atoms with Crippen molar-refractivity contribution in [2.24, 2.45) is 0 Å². The zero-order valence-electron chi connectivity index (χ0n) is 6.81. The number of alkyl halides is 3. The van der Waals surface area contributed by atoms with Gasteiger partial charge in [0.2, 0.25) is 0 Å². The molecule has 0 saturated carbocycles. The Morgan fingerprint density at radius 1 is 1.64 bits per heavy atom. The number of halogens is 4. The molecule has 2 nitrogen and oxygen atoms in total. The molecule has 0 aliphatic heterocycles. The van der Waals surface area contributed by atoms with Crippen molar-refractivity contribution < 1.29 is 13.6 Å². The number of carbonyl (C=O) groups is 1. The minimum absolute atomic E-state index is 0.0706. The molecule has 0 N–H and O–H groups in total. The van der Waals surface area contributed by atoms with E-state index in [9.17, 15) is 13.6 Å². The van der Waals surface area contributed by atoms with Gasteiger partial charge in [0.15, 0.2) is 6.29 Å². The standard InChI is InChI=1S/C8H5ClF2INO/c9-1-4-2-13-8(12)5(3-14)6(4)7(10)11/h2-3,7H,1H2. The highest BCUT2D eigenvalue weighted by molar-refractivity contribution is 14.1. The number of aromatic nitrogens is 1. The lowest BCUT2D eigenvalue weighted by Crippen LogP contribution is -2.03. The molecule has 76 valence electrons. The maximum atomic E-state index is 12.6. The summed E-state index contributed by atoms with van der Waals surface area (Å²) in [6.07, 6.45) is -1.06. The maximum Gasteiger partial charge on any atom is 0.265 e. The molecule has 0 atom stereocenters. The topological polar surface area (TPSA) is 30.0 Å². The van der Waals surface area contributed by atoms with Gasteiger partial charge in [-0.25, -0.2) is 13.8 Å². The van der Waals surface area contributed by atoms with Gasteiger partial charge in [-0.3, -0.25) is 4.79 Å². The van der Waals surface area contributed by atoms with E-state index in [0.717, 1.165) is 0 Å². The van der Waals surface area contributed by atoms with Gasteiger partial charge in [-0.15, -0.1) is 11.6 Å². The van der Waals surface area contributed by atoms with Gasteiger partial charge in [0, 0.05) is 17.6 Å². The van der Waals surface area contributed by atoms with Crippen molar-refractivity contribution in [3.8, 4) is 0 Å². The number of hydrogen-bond donors (Lipinski definition) is 0. The van der Waals surface area contributed by atoms with Crippen molar-refractivity contribution >= 4 is 40.5 Å². The minimum atomic E-state index is -2.71. The molecule has 0 amide bonds. The second-order valence-electron chi connectivity index (χ2n) is 2.45. The van der Waals surface area contributed by atoms with Gasteiger partial charge in [-0.1, -0.05) is 0 Å². The molecule has 0 saturated heterocycles. The Bertz CT molecular complexity index is 359. The summed E-state index contributed by atoms with van der Waals surface area (Å²) in [6, 6.07) is 0. The molecule has 0 spiro atoms. The van der Waals surface area contributed by atoms with Gasteiger partial charge in [-0.2, -0.15) is 0 Å². The van der Waals surface area contributed by atoms with E-state index in [1.165, 1.54) is 6.20 Å². The lowest BCUT2D eigenvalue weighted by molar-refractivity contribution is 0.110. The predicted molar refractivity (Wildman–Crippen MR) is 56.9 cm³/mol. The quantitative estimate of drug-likeness (QED) is 0.368. The van der Waals surface area contributed by atoms with Crippen LogP contribution in [-0.4, -0.2) is 11.3 Å². The fourth-order valence-electron chi connectivity index (χ4n) is 1.03. The summed E-state index contributed by atoms with van der Waals surface area (Å²) in [4.78, 5) is 14.4. The Morgan fingerprint density at radius 3 is 2.71 bits per heavy atom. The van der Waals surface area contributed by atoms with Crippen LogP contribution in [0.5, 0.6) is 0 Å². The molecule has 1 rings (SSSR count). The highest BCUT2D eigenvalue weighted by Crippen LogP contribution is 2.28. The number of carbonyl (C=O) groups excluding carboxylic acids is 1. The number of nitrogens with zero attached hydrogens (tertiary/aromatic N) is 1. The highest BCUT2D eigenvalue weighted by Gasteiger charge is 2.20. The lowest BCUT2D eigenvalue weighted by atomic mass is 10.1. The van der Waals surface area contributed by atoms with Crippen LogP contribution in [0.15, 0.2) is 6.20 Å². The number of hydrogen-bond acceptors (Lipinski definition) is 2. The Hall–Kier alpha value is -0.300. The fourth-order valence-corrected chi connectivity index (χ4v) is 1.80. The summed E-state index contributed by atoms with van der Waals surface area (Å²) >= 11 is 7.20. The molecule has 0 aromatic carbocycles. The van der Waals surface area contributed by atoms with Crippen LogP contribution < -0.4 is 0 Å². The third-order valence-corrected chi connectivity index (χ3v) is 2.82. The van der Waals surface area contributed by atoms with E-state index >= 15 is 0 Å². The average molecular weight is 331 g/mol. The molecular weight excluding hydrogens is 326 g/mol. The second-order valence-corrected chi connectivity index (χ2v) is 3.74. The first kappa shape index (κ1) is 11.8. The molecule has 0 radical (unpaired) electrons. The Labute approximate surface area is 97.8 Å². The molecule has 0 fully saturated rings. The monoisotopic (exact) mass is 331 g/mol. The van der Waals surface area contributed by atoms with Gasteiger partial charge >= 0.3 is 0 Å². The van der Waals surface area contributed by atoms with Crippen molar-refractivity contribution in [2.45, 2.75) is 12.3 Å². The molecule has 0 unspecified atom stereocenters. The van der Waals surface area contributed by atoms with Crippen LogP contribution in [0.25, 0.3) is 0 Å². The molecule has 1 heterocycles. The summed E-state index contributed by atoms with van der Waals surface area (Å²) in [5.74, 6) is -0.0789. The van der Waals surface area contributed by atoms with Crippen molar-refractivity contribution in [2.75, 3.05) is 0 Å². The van der Waals surface area contributed by atoms with Crippen LogP contribution in [0, 0.1) is 3.70 Å². The number of rotatable bonds is 3. The Morgan fingerprint density at radius 2 is 2.29 bits per heavy atom. The van der Waals surface area contributed by atoms with Crippen LogP contribution in [0.2, 0.25) is 0 Å². The summed E-state index contributed by atoms with van der Waals surface area (Å²) < 4.78 is 25.5. The van der Waals surface area contributed by atoms with E-state index in [0.29, 0.717) is 6.29 Å². The Kier molecular flexibility index (Phi) is 4.18. The smallest absolute Gasteiger partial charge is 0.265 e. The maximum absolute atomic E-state index is 12.6. The second kappa shape index (κ2) is 4.97. The molecular formula is C8H5ClF2INO. The largest absolute Gasteiger partial charge is 0.298 e. The molecule has 6 heteroatoms. The molecule has 0 aliphatic rings. The highest BCUT2D eigenvalue weighted by atomic mass is 127. The Balaban J connectivity index is 3.43. The predicted octanol–water partition coefficient (Wildman–Crippen LogP) is 3.18. The lowest BCUT2D eigenvalue weighted by Gasteiger charge is -2.09. The van der Waals surface area contributed by atoms with E-state index in [2.05, 4.69) is 4.98 Å². The molecule has 1 aromatic heterocycles. The SMILES string of the molecule is O=Cc1c(I)ncc(CCl)c1C(F)F. The van der Waals surface area contributed by atoms with Crippen LogP contribution in [0.4, 0.5) is 8.78 Å². The van der Waals surface area contributed by atoms with E-state index in [1.54, 1.807) is 22.6 Å². The van der Waals surface area contributed by atoms with Crippen LogP contribution in [-0.2, 0) is 5.88 Å². The normalized spacial score (nSPS) is 10.6. The van der Waals surface area contributed by atoms with Crippen LogP contribution in [0.3, 0.4) is 0 Å². The third-order valence-electron chi connectivity index (χ3n) is 1.67. The van der Waals surface area contributed by atoms with Crippen molar-refractivity contribution in [1.82, 2.24) is 4.98 Å². The van der Waals surface area contributed by atoms with E-state index in [-0.39, 0.29) is 26.3 Å². The molecule has 0 aliphatic carbocycles. The molecule has 14 heavy (non-hydrogen) atoms. The zero-order chi connectivity index (χ0) is 10.7. The first-order valence-corrected chi connectivity index (χ1v) is 5.19. The van der Waals surface area contributed by atoms with E-state index in [4.69, 9.17) is 11.6 Å². The van der Waals surface area contributed by atoms with Gasteiger partial charge in [0.05, 0.1) is 5.56 Å². The first-order chi connectivity index (χ1) is 6.61. The number of aldehydes is 1.